The molecule has 0 aliphatic carbocycles. The lowest BCUT2D eigenvalue weighted by molar-refractivity contribution is -0.120. The molecule has 0 saturated carbocycles. The largest absolute Gasteiger partial charge is 0.301 e. The molecule has 3 aromatic rings. The lowest BCUT2D eigenvalue weighted by atomic mass is 10.1. The summed E-state index contributed by atoms with van der Waals surface area (Å²) in [5.74, 6) is -0.0481. The van der Waals surface area contributed by atoms with E-state index in [0.29, 0.717) is 5.13 Å². The molecule has 1 atom stereocenters. The highest BCUT2D eigenvalue weighted by atomic mass is 32.2. The van der Waals surface area contributed by atoms with E-state index in [0.717, 1.165) is 17.8 Å². The van der Waals surface area contributed by atoms with Gasteiger partial charge in [0.15, 0.2) is 5.13 Å². The Bertz CT molecular complexity index is 920. The molecule has 0 spiro atoms. The molecule has 4 nitrogen and oxygen atoms in total. The number of thiazole rings is 1. The van der Waals surface area contributed by atoms with Crippen molar-refractivity contribution in [3.63, 3.8) is 0 Å². The first kappa shape index (κ1) is 20.6. The quantitative estimate of drug-likeness (QED) is 0.536. The summed E-state index contributed by atoms with van der Waals surface area (Å²) in [6.07, 6.45) is 2.07. The van der Waals surface area contributed by atoms with Crippen molar-refractivity contribution in [3.8, 4) is 11.3 Å². The van der Waals surface area contributed by atoms with Crippen molar-refractivity contribution in [2.45, 2.75) is 31.3 Å². The average molecular weight is 412 g/mol. The van der Waals surface area contributed by atoms with Gasteiger partial charge in [0.1, 0.15) is 0 Å². The number of nitrogens with one attached hydrogen (secondary N) is 1. The van der Waals surface area contributed by atoms with E-state index < -0.39 is 0 Å². The maximum Gasteiger partial charge on any atom is 0.243 e. The van der Waals surface area contributed by atoms with Crippen LogP contribution in [0.2, 0.25) is 0 Å². The Morgan fingerprint density at radius 3 is 2.50 bits per heavy atom. The number of aromatic nitrogens is 1. The number of hydrogen-bond donors (Lipinski definition) is 1. The van der Waals surface area contributed by atoms with Gasteiger partial charge in [-0.1, -0.05) is 42.0 Å². The van der Waals surface area contributed by atoms with E-state index in [9.17, 15) is 4.79 Å². The SMILES string of the molecule is CSc1ccc(CN(C)C(C)C(=O)Nc2nc(-c3ccc(C)cc3)cs2)cc1. The maximum atomic E-state index is 12.6. The Morgan fingerprint density at radius 2 is 1.86 bits per heavy atom. The molecule has 0 aliphatic heterocycles. The maximum absolute atomic E-state index is 12.6. The van der Waals surface area contributed by atoms with Gasteiger partial charge in [0.25, 0.3) is 0 Å². The number of anilines is 1. The van der Waals surface area contributed by atoms with E-state index in [1.165, 1.54) is 27.4 Å². The Morgan fingerprint density at radius 1 is 1.18 bits per heavy atom. The summed E-state index contributed by atoms with van der Waals surface area (Å²) in [4.78, 5) is 20.5. The molecule has 28 heavy (non-hydrogen) atoms. The van der Waals surface area contributed by atoms with Gasteiger partial charge < -0.3 is 5.32 Å². The van der Waals surface area contributed by atoms with Gasteiger partial charge >= 0.3 is 0 Å². The van der Waals surface area contributed by atoms with Gasteiger partial charge in [0.2, 0.25) is 5.91 Å². The van der Waals surface area contributed by atoms with Crippen LogP contribution < -0.4 is 5.32 Å². The second-order valence-corrected chi connectivity index (χ2v) is 8.57. The fourth-order valence-corrected chi connectivity index (χ4v) is 3.88. The van der Waals surface area contributed by atoms with Gasteiger partial charge in [0.05, 0.1) is 11.7 Å². The molecule has 1 heterocycles. The minimum Gasteiger partial charge on any atom is -0.301 e. The standard InChI is InChI=1S/C22H25N3OS2/c1-15-5-9-18(10-6-15)20-14-28-22(23-20)24-21(26)16(2)25(3)13-17-7-11-19(27-4)12-8-17/h5-12,14,16H,13H2,1-4H3,(H,23,24,26). The third-order valence-corrected chi connectivity index (χ3v) is 6.21. The summed E-state index contributed by atoms with van der Waals surface area (Å²) >= 11 is 3.18. The van der Waals surface area contributed by atoms with Gasteiger partial charge in [0, 0.05) is 22.4 Å². The van der Waals surface area contributed by atoms with Crippen molar-refractivity contribution >= 4 is 34.1 Å². The van der Waals surface area contributed by atoms with Crippen molar-refractivity contribution in [1.29, 1.82) is 0 Å². The van der Waals surface area contributed by atoms with E-state index in [-0.39, 0.29) is 11.9 Å². The Kier molecular flexibility index (Phi) is 6.88. The van der Waals surface area contributed by atoms with Crippen LogP contribution in [0.25, 0.3) is 11.3 Å². The van der Waals surface area contributed by atoms with E-state index in [2.05, 4.69) is 72.0 Å². The van der Waals surface area contributed by atoms with E-state index in [1.54, 1.807) is 11.8 Å². The summed E-state index contributed by atoms with van der Waals surface area (Å²) in [6.45, 7) is 4.70. The normalized spacial score (nSPS) is 12.2. The van der Waals surface area contributed by atoms with Crippen LogP contribution >= 0.6 is 23.1 Å². The zero-order valence-electron chi connectivity index (χ0n) is 16.6. The summed E-state index contributed by atoms with van der Waals surface area (Å²) in [5.41, 5.74) is 4.35. The number of hydrogen-bond acceptors (Lipinski definition) is 5. The predicted octanol–water partition coefficient (Wildman–Crippen LogP) is 5.30. The molecule has 0 aliphatic rings. The topological polar surface area (TPSA) is 45.2 Å². The van der Waals surface area contributed by atoms with Gasteiger partial charge in [-0.2, -0.15) is 0 Å². The van der Waals surface area contributed by atoms with Crippen LogP contribution in [-0.2, 0) is 11.3 Å². The summed E-state index contributed by atoms with van der Waals surface area (Å²) in [6, 6.07) is 16.4. The summed E-state index contributed by atoms with van der Waals surface area (Å²) in [5, 5.41) is 5.56. The number of thioether (sulfide) groups is 1. The highest BCUT2D eigenvalue weighted by Gasteiger charge is 2.19. The minimum atomic E-state index is -0.257. The number of aryl methyl sites for hydroxylation is 1. The van der Waals surface area contributed by atoms with Gasteiger partial charge in [-0.25, -0.2) is 4.98 Å². The third kappa shape index (κ3) is 5.22. The predicted molar refractivity (Wildman–Crippen MR) is 120 cm³/mol. The molecule has 2 aromatic carbocycles. The molecular weight excluding hydrogens is 386 g/mol. The Hall–Kier alpha value is -2.15. The molecule has 1 unspecified atom stereocenters. The van der Waals surface area contributed by atoms with Crippen molar-refractivity contribution in [2.24, 2.45) is 0 Å². The van der Waals surface area contributed by atoms with Gasteiger partial charge in [-0.15, -0.1) is 23.1 Å². The van der Waals surface area contributed by atoms with Crippen molar-refractivity contribution < 1.29 is 4.79 Å². The van der Waals surface area contributed by atoms with Crippen LogP contribution in [0, 0.1) is 6.92 Å². The molecule has 0 fully saturated rings. The van der Waals surface area contributed by atoms with E-state index in [4.69, 9.17) is 0 Å². The molecule has 0 saturated heterocycles. The first-order valence-electron chi connectivity index (χ1n) is 9.13. The zero-order valence-corrected chi connectivity index (χ0v) is 18.2. The number of rotatable bonds is 7. The fourth-order valence-electron chi connectivity index (χ4n) is 2.75. The van der Waals surface area contributed by atoms with Crippen molar-refractivity contribution in [2.75, 3.05) is 18.6 Å². The number of amides is 1. The summed E-state index contributed by atoms with van der Waals surface area (Å²) < 4.78 is 0. The van der Waals surface area contributed by atoms with Gasteiger partial charge in [-0.05, 0) is 44.8 Å². The third-order valence-electron chi connectivity index (χ3n) is 4.71. The molecular formula is C22H25N3OS2. The number of benzene rings is 2. The number of carbonyl (C=O) groups is 1. The van der Waals surface area contributed by atoms with Crippen LogP contribution in [0.5, 0.6) is 0 Å². The fraction of sp³-hybridized carbons (Fsp3) is 0.273. The number of carbonyl (C=O) groups excluding carboxylic acids is 1. The van der Waals surface area contributed by atoms with Crippen LogP contribution in [0.1, 0.15) is 18.1 Å². The molecule has 0 bridgehead atoms. The van der Waals surface area contributed by atoms with Crippen molar-refractivity contribution in [3.05, 3.63) is 65.0 Å². The monoisotopic (exact) mass is 411 g/mol. The first-order chi connectivity index (χ1) is 13.5. The smallest absolute Gasteiger partial charge is 0.243 e. The Balaban J connectivity index is 1.59. The van der Waals surface area contributed by atoms with Crippen LogP contribution in [0.3, 0.4) is 0 Å². The van der Waals surface area contributed by atoms with E-state index >= 15 is 0 Å². The van der Waals surface area contributed by atoms with Crippen LogP contribution in [-0.4, -0.2) is 35.1 Å². The van der Waals surface area contributed by atoms with Crippen LogP contribution in [0.4, 0.5) is 5.13 Å². The molecule has 1 amide bonds. The lowest BCUT2D eigenvalue weighted by Gasteiger charge is -2.23. The number of likely N-dealkylation sites (N-methyl/N-ethyl adjacent to an activating group) is 1. The summed E-state index contributed by atoms with van der Waals surface area (Å²) in [7, 11) is 1.96. The minimum absolute atomic E-state index is 0.0481. The molecule has 146 valence electrons. The highest BCUT2D eigenvalue weighted by Crippen LogP contribution is 2.25. The molecule has 0 radical (unpaired) electrons. The second-order valence-electron chi connectivity index (χ2n) is 6.83. The molecule has 1 aromatic heterocycles. The lowest BCUT2D eigenvalue weighted by Crippen LogP contribution is -2.39. The average Bonchev–Trinajstić information content (AvgIpc) is 3.16. The van der Waals surface area contributed by atoms with Crippen LogP contribution in [0.15, 0.2) is 58.8 Å². The van der Waals surface area contributed by atoms with Gasteiger partial charge in [-0.3, -0.25) is 9.69 Å². The number of nitrogens with zero attached hydrogens (tertiary/aromatic N) is 2. The second kappa shape index (κ2) is 9.37. The molecule has 6 heteroatoms. The highest BCUT2D eigenvalue weighted by molar-refractivity contribution is 7.98. The Labute approximate surface area is 175 Å². The molecule has 3 rings (SSSR count). The molecule has 1 N–H and O–H groups in total. The first-order valence-corrected chi connectivity index (χ1v) is 11.2. The van der Waals surface area contributed by atoms with E-state index in [1.807, 2.05) is 24.3 Å². The zero-order chi connectivity index (χ0) is 20.1. The van der Waals surface area contributed by atoms with Crippen molar-refractivity contribution in [1.82, 2.24) is 9.88 Å².